The molecule has 0 saturated carbocycles. The highest BCUT2D eigenvalue weighted by molar-refractivity contribution is 6.30. The van der Waals surface area contributed by atoms with Crippen LogP contribution in [-0.2, 0) is 18.0 Å². The van der Waals surface area contributed by atoms with Gasteiger partial charge in [-0.05, 0) is 18.6 Å². The Kier molecular flexibility index (Phi) is 1.59. The van der Waals surface area contributed by atoms with Crippen LogP contribution in [0.3, 0.4) is 0 Å². The predicted octanol–water partition coefficient (Wildman–Crippen LogP) is 2.07. The largest absolute Gasteiger partial charge is 0.372 e. The van der Waals surface area contributed by atoms with Gasteiger partial charge < -0.3 is 4.74 Å². The van der Waals surface area contributed by atoms with Gasteiger partial charge in [0.15, 0.2) is 0 Å². The van der Waals surface area contributed by atoms with Crippen molar-refractivity contribution in [3.8, 4) is 0 Å². The molecule has 0 aliphatic carbocycles. The van der Waals surface area contributed by atoms with Crippen LogP contribution in [0.25, 0.3) is 0 Å². The van der Waals surface area contributed by atoms with Crippen LogP contribution in [0.4, 0.5) is 0 Å². The molecule has 0 bridgehead atoms. The van der Waals surface area contributed by atoms with E-state index in [2.05, 4.69) is 4.98 Å². The van der Waals surface area contributed by atoms with E-state index in [1.807, 2.05) is 13.0 Å². The highest BCUT2D eigenvalue weighted by Gasteiger charge is 2.15. The van der Waals surface area contributed by atoms with Crippen LogP contribution < -0.4 is 0 Å². The van der Waals surface area contributed by atoms with Crippen molar-refractivity contribution in [1.82, 2.24) is 4.98 Å². The first kappa shape index (κ1) is 7.07. The maximum absolute atomic E-state index is 5.88. The second-order valence-electron chi connectivity index (χ2n) is 2.68. The van der Waals surface area contributed by atoms with Gasteiger partial charge in [-0.1, -0.05) is 11.6 Å². The zero-order valence-corrected chi connectivity index (χ0v) is 6.98. The van der Waals surface area contributed by atoms with Crippen LogP contribution in [0.1, 0.15) is 16.8 Å². The summed E-state index contributed by atoms with van der Waals surface area (Å²) in [6.07, 6.45) is 0. The van der Waals surface area contributed by atoms with Crippen LogP contribution in [0.5, 0.6) is 0 Å². The van der Waals surface area contributed by atoms with Crippen molar-refractivity contribution in [3.05, 3.63) is 28.0 Å². The molecule has 1 aliphatic heterocycles. The third-order valence-electron chi connectivity index (χ3n) is 1.80. The molecule has 2 nitrogen and oxygen atoms in total. The summed E-state index contributed by atoms with van der Waals surface area (Å²) in [6.45, 7) is 3.23. The van der Waals surface area contributed by atoms with Crippen molar-refractivity contribution >= 4 is 11.6 Å². The van der Waals surface area contributed by atoms with Gasteiger partial charge >= 0.3 is 0 Å². The lowest BCUT2D eigenvalue weighted by Gasteiger charge is -1.99. The maximum atomic E-state index is 5.88. The zero-order chi connectivity index (χ0) is 7.84. The Bertz CT molecular complexity index is 298. The van der Waals surface area contributed by atoms with Gasteiger partial charge in [0.1, 0.15) is 5.15 Å². The Hall–Kier alpha value is -0.600. The molecule has 1 aliphatic rings. The first-order valence-electron chi connectivity index (χ1n) is 3.50. The molecule has 2 rings (SSSR count). The lowest BCUT2D eigenvalue weighted by molar-refractivity contribution is 0.134. The van der Waals surface area contributed by atoms with Crippen molar-refractivity contribution < 1.29 is 4.74 Å². The van der Waals surface area contributed by atoms with Gasteiger partial charge in [-0.2, -0.15) is 0 Å². The predicted molar refractivity (Wildman–Crippen MR) is 42.5 cm³/mol. The molecule has 0 atom stereocenters. The quantitative estimate of drug-likeness (QED) is 0.555. The number of fused-ring (bicyclic) bond motifs is 1. The summed E-state index contributed by atoms with van der Waals surface area (Å²) in [7, 11) is 0. The molecule has 3 heteroatoms. The van der Waals surface area contributed by atoms with Crippen LogP contribution in [0.2, 0.25) is 5.15 Å². The van der Waals surface area contributed by atoms with Gasteiger partial charge in [0, 0.05) is 11.3 Å². The number of aryl methyl sites for hydroxylation is 1. The Morgan fingerprint density at radius 1 is 1.55 bits per heavy atom. The molecule has 0 fully saturated rings. The van der Waals surface area contributed by atoms with E-state index in [-0.39, 0.29) is 0 Å². The number of hydrogen-bond acceptors (Lipinski definition) is 2. The number of rotatable bonds is 0. The molecule has 58 valence electrons. The van der Waals surface area contributed by atoms with E-state index < -0.39 is 0 Å². The fraction of sp³-hybridized carbons (Fsp3) is 0.375. The first-order chi connectivity index (χ1) is 5.27. The molecule has 1 aromatic heterocycles. The molecule has 2 heterocycles. The minimum atomic E-state index is 0.595. The average molecular weight is 170 g/mol. The molecular formula is C8H8ClNO. The van der Waals surface area contributed by atoms with Gasteiger partial charge in [0.2, 0.25) is 0 Å². The summed E-state index contributed by atoms with van der Waals surface area (Å²) >= 11 is 5.88. The van der Waals surface area contributed by atoms with Crippen molar-refractivity contribution in [2.75, 3.05) is 0 Å². The second kappa shape index (κ2) is 2.47. The summed E-state index contributed by atoms with van der Waals surface area (Å²) in [4.78, 5) is 4.13. The molecule has 0 unspecified atom stereocenters. The Morgan fingerprint density at radius 2 is 2.36 bits per heavy atom. The van der Waals surface area contributed by atoms with E-state index in [1.54, 1.807) is 0 Å². The second-order valence-corrected chi connectivity index (χ2v) is 3.04. The fourth-order valence-corrected chi connectivity index (χ4v) is 1.58. The van der Waals surface area contributed by atoms with Crippen LogP contribution >= 0.6 is 11.6 Å². The van der Waals surface area contributed by atoms with Crippen molar-refractivity contribution in [3.63, 3.8) is 0 Å². The van der Waals surface area contributed by atoms with Gasteiger partial charge in [-0.3, -0.25) is 0 Å². The number of aromatic nitrogens is 1. The standard InChI is InChI=1S/C8H8ClNO/c1-5-2-6-3-11-4-7(6)8(9)10-5/h2H,3-4H2,1H3. The van der Waals surface area contributed by atoms with Crippen molar-refractivity contribution in [2.45, 2.75) is 20.1 Å². The number of pyridine rings is 1. The normalized spacial score (nSPS) is 15.1. The van der Waals surface area contributed by atoms with E-state index in [0.29, 0.717) is 18.4 Å². The van der Waals surface area contributed by atoms with Crippen molar-refractivity contribution in [2.24, 2.45) is 0 Å². The number of halogens is 1. The molecule has 0 radical (unpaired) electrons. The smallest absolute Gasteiger partial charge is 0.135 e. The Morgan fingerprint density at radius 3 is 3.18 bits per heavy atom. The van der Waals surface area contributed by atoms with E-state index in [4.69, 9.17) is 16.3 Å². The molecule has 1 aromatic rings. The SMILES string of the molecule is Cc1cc2c(c(Cl)n1)COC2. The topological polar surface area (TPSA) is 22.1 Å². The number of nitrogens with zero attached hydrogens (tertiary/aromatic N) is 1. The number of hydrogen-bond donors (Lipinski definition) is 0. The summed E-state index contributed by atoms with van der Waals surface area (Å²) in [5, 5.41) is 0.595. The third kappa shape index (κ3) is 1.12. The Labute approximate surface area is 70.2 Å². The lowest BCUT2D eigenvalue weighted by Crippen LogP contribution is -1.90. The Balaban J connectivity index is 2.60. The minimum Gasteiger partial charge on any atom is -0.372 e. The summed E-state index contributed by atoms with van der Waals surface area (Å²) in [6, 6.07) is 2.02. The highest BCUT2D eigenvalue weighted by atomic mass is 35.5. The molecule has 0 amide bonds. The molecule has 11 heavy (non-hydrogen) atoms. The first-order valence-corrected chi connectivity index (χ1v) is 3.88. The van der Waals surface area contributed by atoms with Crippen LogP contribution in [0, 0.1) is 6.92 Å². The van der Waals surface area contributed by atoms with Gasteiger partial charge in [0.05, 0.1) is 13.2 Å². The van der Waals surface area contributed by atoms with E-state index in [1.165, 1.54) is 5.56 Å². The van der Waals surface area contributed by atoms with Gasteiger partial charge in [0.25, 0.3) is 0 Å². The fourth-order valence-electron chi connectivity index (χ4n) is 1.27. The molecule has 0 N–H and O–H groups in total. The van der Waals surface area contributed by atoms with Gasteiger partial charge in [-0.25, -0.2) is 4.98 Å². The minimum absolute atomic E-state index is 0.595. The zero-order valence-electron chi connectivity index (χ0n) is 6.22. The van der Waals surface area contributed by atoms with E-state index in [0.717, 1.165) is 11.3 Å². The molecule has 0 spiro atoms. The van der Waals surface area contributed by atoms with Gasteiger partial charge in [-0.15, -0.1) is 0 Å². The van der Waals surface area contributed by atoms with E-state index in [9.17, 15) is 0 Å². The van der Waals surface area contributed by atoms with Crippen molar-refractivity contribution in [1.29, 1.82) is 0 Å². The van der Waals surface area contributed by atoms with Crippen LogP contribution in [0.15, 0.2) is 6.07 Å². The number of ether oxygens (including phenoxy) is 1. The third-order valence-corrected chi connectivity index (χ3v) is 2.11. The highest BCUT2D eigenvalue weighted by Crippen LogP contribution is 2.25. The summed E-state index contributed by atoms with van der Waals surface area (Å²) < 4.78 is 5.23. The summed E-state index contributed by atoms with van der Waals surface area (Å²) in [5.74, 6) is 0. The van der Waals surface area contributed by atoms with Crippen LogP contribution in [-0.4, -0.2) is 4.98 Å². The average Bonchev–Trinajstić information content (AvgIpc) is 2.34. The summed E-state index contributed by atoms with van der Waals surface area (Å²) in [5.41, 5.74) is 3.19. The van der Waals surface area contributed by atoms with E-state index >= 15 is 0 Å². The maximum Gasteiger partial charge on any atom is 0.135 e. The molecule has 0 aromatic carbocycles. The monoisotopic (exact) mass is 169 g/mol. The lowest BCUT2D eigenvalue weighted by atomic mass is 10.1. The molecular weight excluding hydrogens is 162 g/mol. The molecule has 0 saturated heterocycles.